The van der Waals surface area contributed by atoms with Crippen molar-refractivity contribution < 1.29 is 38.7 Å². The molecule has 2 N–H and O–H groups in total. The number of carbonyl (C=O) groups excluding carboxylic acids is 2. The van der Waals surface area contributed by atoms with E-state index in [0.29, 0.717) is 12.8 Å². The Kier molecular flexibility index (Phi) is 8.99. The minimum absolute atomic E-state index is 0.0581. The van der Waals surface area contributed by atoms with Crippen LogP contribution in [0.4, 0.5) is 0 Å². The van der Waals surface area contributed by atoms with Crippen molar-refractivity contribution in [3.63, 3.8) is 0 Å². The first-order chi connectivity index (χ1) is 14.9. The van der Waals surface area contributed by atoms with Gasteiger partial charge in [-0.2, -0.15) is 0 Å². The molecular weight excluding hydrogens is 404 g/mol. The Morgan fingerprint density at radius 3 is 1.94 bits per heavy atom. The zero-order valence-electron chi connectivity index (χ0n) is 17.9. The van der Waals surface area contributed by atoms with Crippen LogP contribution in [0, 0.1) is 0 Å². The number of ether oxygens (including phenoxy) is 4. The molecule has 8 nitrogen and oxygen atoms in total. The molecule has 0 amide bonds. The Balaban J connectivity index is 1.96. The first-order valence-electron chi connectivity index (χ1n) is 10.0. The number of esters is 2. The normalized spacial score (nSPS) is 11.5. The van der Waals surface area contributed by atoms with Crippen LogP contribution < -0.4 is 9.47 Å². The lowest BCUT2D eigenvalue weighted by Gasteiger charge is -2.18. The van der Waals surface area contributed by atoms with Gasteiger partial charge in [-0.15, -0.1) is 0 Å². The van der Waals surface area contributed by atoms with Gasteiger partial charge in [-0.05, 0) is 42.8 Å². The highest BCUT2D eigenvalue weighted by atomic mass is 16.6. The monoisotopic (exact) mass is 432 g/mol. The van der Waals surface area contributed by atoms with Gasteiger partial charge in [-0.1, -0.05) is 19.8 Å². The number of phenols is 2. The van der Waals surface area contributed by atoms with Crippen molar-refractivity contribution in [2.45, 2.75) is 38.7 Å². The van der Waals surface area contributed by atoms with E-state index < -0.39 is 18.0 Å². The molecule has 0 saturated carbocycles. The Morgan fingerprint density at radius 2 is 1.42 bits per heavy atom. The molecule has 2 aromatic carbocycles. The van der Waals surface area contributed by atoms with Gasteiger partial charge in [0, 0.05) is 6.42 Å². The number of methoxy groups -OCH3 is 2. The summed E-state index contributed by atoms with van der Waals surface area (Å²) in [7, 11) is 2.78. The summed E-state index contributed by atoms with van der Waals surface area (Å²) in [6, 6.07) is 8.41. The van der Waals surface area contributed by atoms with Crippen LogP contribution in [0.25, 0.3) is 0 Å². The van der Waals surface area contributed by atoms with Crippen molar-refractivity contribution in [2.75, 3.05) is 20.8 Å². The second-order valence-electron chi connectivity index (χ2n) is 6.87. The van der Waals surface area contributed by atoms with Crippen molar-refractivity contribution in [1.82, 2.24) is 0 Å². The van der Waals surface area contributed by atoms with Gasteiger partial charge in [0.25, 0.3) is 0 Å². The third-order valence-electron chi connectivity index (χ3n) is 4.66. The number of carbonyl (C=O) groups is 2. The smallest absolute Gasteiger partial charge is 0.338 e. The molecular formula is C23H28O8. The Morgan fingerprint density at radius 1 is 0.871 bits per heavy atom. The number of hydrogen-bond acceptors (Lipinski definition) is 8. The molecule has 0 fully saturated rings. The van der Waals surface area contributed by atoms with Crippen molar-refractivity contribution in [3.05, 3.63) is 47.5 Å². The maximum absolute atomic E-state index is 12.5. The molecule has 1 unspecified atom stereocenters. The van der Waals surface area contributed by atoms with Crippen LogP contribution in [0.15, 0.2) is 36.4 Å². The second-order valence-corrected chi connectivity index (χ2v) is 6.87. The van der Waals surface area contributed by atoms with Gasteiger partial charge in [0.05, 0.1) is 32.0 Å². The quantitative estimate of drug-likeness (QED) is 0.511. The molecule has 0 aliphatic heterocycles. The number of phenolic OH excluding ortho intramolecular Hbond substituents is 2. The molecule has 0 heterocycles. The first-order valence-corrected chi connectivity index (χ1v) is 10.0. The van der Waals surface area contributed by atoms with Crippen LogP contribution >= 0.6 is 0 Å². The number of hydrogen-bond donors (Lipinski definition) is 2. The number of unbranched alkanes of at least 4 members (excludes halogenated alkanes) is 1. The third-order valence-corrected chi connectivity index (χ3v) is 4.66. The summed E-state index contributed by atoms with van der Waals surface area (Å²) >= 11 is 0. The molecule has 0 radical (unpaired) electrons. The standard InChI is InChI=1S/C23H28O8/c1-4-5-6-17(31-23(27)16-8-10-19(25)21(14-16)29-3)11-12-30-22(26)15-7-9-18(24)20(13-15)28-2/h7-10,13-14,17,24-25H,4-6,11-12H2,1-3H3. The SMILES string of the molecule is CCCCC(CCOC(=O)c1ccc(O)c(OC)c1)OC(=O)c1ccc(O)c(OC)c1. The molecule has 0 aliphatic carbocycles. The second kappa shape index (κ2) is 11.7. The van der Waals surface area contributed by atoms with Crippen LogP contribution in [0.1, 0.15) is 53.3 Å². The molecule has 0 aliphatic rings. The fourth-order valence-corrected chi connectivity index (χ4v) is 2.89. The van der Waals surface area contributed by atoms with Gasteiger partial charge in [0.15, 0.2) is 23.0 Å². The van der Waals surface area contributed by atoms with E-state index in [-0.39, 0.29) is 40.7 Å². The molecule has 31 heavy (non-hydrogen) atoms. The fraction of sp³-hybridized carbons (Fsp3) is 0.391. The van der Waals surface area contributed by atoms with E-state index in [1.165, 1.54) is 50.6 Å². The van der Waals surface area contributed by atoms with Crippen LogP contribution in [0.5, 0.6) is 23.0 Å². The third kappa shape index (κ3) is 6.80. The van der Waals surface area contributed by atoms with Crippen LogP contribution in [0.3, 0.4) is 0 Å². The molecule has 0 bridgehead atoms. The Hall–Kier alpha value is -3.42. The Labute approximate surface area is 181 Å². The average molecular weight is 432 g/mol. The number of benzene rings is 2. The van der Waals surface area contributed by atoms with Crippen molar-refractivity contribution in [2.24, 2.45) is 0 Å². The van der Waals surface area contributed by atoms with Gasteiger partial charge in [0.2, 0.25) is 0 Å². The lowest BCUT2D eigenvalue weighted by molar-refractivity contribution is 0.0160. The van der Waals surface area contributed by atoms with Crippen LogP contribution in [-0.4, -0.2) is 49.1 Å². The zero-order valence-corrected chi connectivity index (χ0v) is 17.9. The lowest BCUT2D eigenvalue weighted by atomic mass is 10.1. The van der Waals surface area contributed by atoms with E-state index in [9.17, 15) is 19.8 Å². The van der Waals surface area contributed by atoms with E-state index in [1.807, 2.05) is 6.92 Å². The molecule has 168 valence electrons. The zero-order chi connectivity index (χ0) is 22.8. The van der Waals surface area contributed by atoms with Gasteiger partial charge >= 0.3 is 11.9 Å². The average Bonchev–Trinajstić information content (AvgIpc) is 2.77. The van der Waals surface area contributed by atoms with Gasteiger partial charge in [-0.25, -0.2) is 9.59 Å². The highest BCUT2D eigenvalue weighted by Crippen LogP contribution is 2.28. The summed E-state index contributed by atoms with van der Waals surface area (Å²) in [5, 5.41) is 19.3. The largest absolute Gasteiger partial charge is 0.504 e. The predicted molar refractivity (Wildman–Crippen MR) is 113 cm³/mol. The van der Waals surface area contributed by atoms with Gasteiger partial charge in [-0.3, -0.25) is 0 Å². The maximum Gasteiger partial charge on any atom is 0.338 e. The molecule has 1 atom stereocenters. The topological polar surface area (TPSA) is 112 Å². The molecule has 8 heteroatoms. The maximum atomic E-state index is 12.5. The summed E-state index contributed by atoms with van der Waals surface area (Å²) in [6.45, 7) is 2.09. The summed E-state index contributed by atoms with van der Waals surface area (Å²) in [4.78, 5) is 24.8. The lowest BCUT2D eigenvalue weighted by Crippen LogP contribution is -2.21. The van der Waals surface area contributed by atoms with E-state index in [2.05, 4.69) is 0 Å². The highest BCUT2D eigenvalue weighted by Gasteiger charge is 2.19. The molecule has 2 rings (SSSR count). The van der Waals surface area contributed by atoms with Gasteiger partial charge < -0.3 is 29.2 Å². The highest BCUT2D eigenvalue weighted by molar-refractivity contribution is 5.91. The molecule has 0 aromatic heterocycles. The van der Waals surface area contributed by atoms with Crippen LogP contribution in [-0.2, 0) is 9.47 Å². The summed E-state index contributed by atoms with van der Waals surface area (Å²) < 4.78 is 20.9. The van der Waals surface area contributed by atoms with Gasteiger partial charge in [0.1, 0.15) is 6.10 Å². The first kappa shape index (κ1) is 23.9. The predicted octanol–water partition coefficient (Wildman–Crippen LogP) is 4.08. The van der Waals surface area contributed by atoms with Crippen molar-refractivity contribution in [3.8, 4) is 23.0 Å². The summed E-state index contributed by atoms with van der Waals surface area (Å²) in [5.74, 6) is -0.904. The van der Waals surface area contributed by atoms with E-state index in [4.69, 9.17) is 18.9 Å². The van der Waals surface area contributed by atoms with Crippen molar-refractivity contribution >= 4 is 11.9 Å². The molecule has 0 saturated heterocycles. The number of aromatic hydroxyl groups is 2. The van der Waals surface area contributed by atoms with E-state index in [1.54, 1.807) is 0 Å². The molecule has 2 aromatic rings. The fourth-order valence-electron chi connectivity index (χ4n) is 2.89. The van der Waals surface area contributed by atoms with Crippen LogP contribution in [0.2, 0.25) is 0 Å². The summed E-state index contributed by atoms with van der Waals surface area (Å²) in [6.07, 6.45) is 2.30. The van der Waals surface area contributed by atoms with E-state index in [0.717, 1.165) is 12.8 Å². The number of rotatable bonds is 11. The van der Waals surface area contributed by atoms with E-state index >= 15 is 0 Å². The summed E-state index contributed by atoms with van der Waals surface area (Å²) in [5.41, 5.74) is 0.497. The molecule has 0 spiro atoms. The minimum atomic E-state index is -0.567. The minimum Gasteiger partial charge on any atom is -0.504 e. The van der Waals surface area contributed by atoms with Crippen molar-refractivity contribution in [1.29, 1.82) is 0 Å². The Bertz CT molecular complexity index is 893.